The van der Waals surface area contributed by atoms with E-state index in [0.717, 1.165) is 0 Å². The lowest BCUT2D eigenvalue weighted by molar-refractivity contribution is -0.185. The van der Waals surface area contributed by atoms with Gasteiger partial charge in [0.25, 0.3) is 0 Å². The average molecular weight is 200 g/mol. The van der Waals surface area contributed by atoms with Crippen LogP contribution in [0.15, 0.2) is 0 Å². The third-order valence-corrected chi connectivity index (χ3v) is 1.98. The maximum absolute atomic E-state index is 12.5. The summed E-state index contributed by atoms with van der Waals surface area (Å²) >= 11 is 0. The first-order valence-corrected chi connectivity index (χ1v) is 4.14. The molecule has 1 aliphatic heterocycles. The van der Waals surface area contributed by atoms with Crippen molar-refractivity contribution in [3.05, 3.63) is 0 Å². The summed E-state index contributed by atoms with van der Waals surface area (Å²) in [4.78, 5) is 1.48. The standard InChI is InChI=1S/C7H12F4N2/c8-6(7(9,10)11)5-13-3-1-12-2-4-13/h6,12H,1-5H2. The van der Waals surface area contributed by atoms with E-state index in [-0.39, 0.29) is 0 Å². The highest BCUT2D eigenvalue weighted by atomic mass is 19.4. The van der Waals surface area contributed by atoms with Gasteiger partial charge in [0.05, 0.1) is 0 Å². The molecule has 1 atom stereocenters. The fraction of sp³-hybridized carbons (Fsp3) is 1.00. The van der Waals surface area contributed by atoms with Gasteiger partial charge in [-0.2, -0.15) is 13.2 Å². The predicted octanol–water partition coefficient (Wildman–Crippen LogP) is 0.792. The number of piperazine rings is 1. The molecule has 0 aliphatic carbocycles. The van der Waals surface area contributed by atoms with Crippen LogP contribution >= 0.6 is 0 Å². The number of halogens is 4. The van der Waals surface area contributed by atoms with Crippen molar-refractivity contribution in [3.63, 3.8) is 0 Å². The lowest BCUT2D eigenvalue weighted by Crippen LogP contribution is -2.48. The van der Waals surface area contributed by atoms with Crippen LogP contribution in [0.3, 0.4) is 0 Å². The van der Waals surface area contributed by atoms with Gasteiger partial charge in [0.1, 0.15) is 0 Å². The fourth-order valence-corrected chi connectivity index (χ4v) is 1.22. The van der Waals surface area contributed by atoms with Gasteiger partial charge in [0.2, 0.25) is 6.17 Å². The molecular formula is C7H12F4N2. The summed E-state index contributed by atoms with van der Waals surface area (Å²) in [5, 5.41) is 2.98. The van der Waals surface area contributed by atoms with Crippen molar-refractivity contribution >= 4 is 0 Å². The summed E-state index contributed by atoms with van der Waals surface area (Å²) in [6.07, 6.45) is -7.43. The van der Waals surface area contributed by atoms with Crippen molar-refractivity contribution in [1.29, 1.82) is 0 Å². The summed E-state index contributed by atoms with van der Waals surface area (Å²) in [6.45, 7) is 1.69. The van der Waals surface area contributed by atoms with Gasteiger partial charge in [-0.3, -0.25) is 4.90 Å². The molecule has 0 bridgehead atoms. The first-order valence-electron chi connectivity index (χ1n) is 4.14. The van der Waals surface area contributed by atoms with E-state index in [0.29, 0.717) is 26.2 Å². The van der Waals surface area contributed by atoms with Crippen molar-refractivity contribution in [1.82, 2.24) is 10.2 Å². The smallest absolute Gasteiger partial charge is 0.314 e. The highest BCUT2D eigenvalue weighted by Gasteiger charge is 2.40. The van der Waals surface area contributed by atoms with Crippen molar-refractivity contribution in [2.75, 3.05) is 32.7 Å². The predicted molar refractivity (Wildman–Crippen MR) is 40.3 cm³/mol. The topological polar surface area (TPSA) is 15.3 Å². The molecule has 1 heterocycles. The zero-order valence-electron chi connectivity index (χ0n) is 7.07. The van der Waals surface area contributed by atoms with Crippen molar-refractivity contribution in [2.45, 2.75) is 12.3 Å². The Hall–Kier alpha value is -0.360. The van der Waals surface area contributed by atoms with Crippen LogP contribution in [0.4, 0.5) is 17.6 Å². The number of alkyl halides is 4. The first kappa shape index (κ1) is 10.7. The van der Waals surface area contributed by atoms with Gasteiger partial charge in [-0.1, -0.05) is 0 Å². The second-order valence-corrected chi connectivity index (χ2v) is 3.06. The van der Waals surface area contributed by atoms with Crippen LogP contribution in [-0.2, 0) is 0 Å². The zero-order chi connectivity index (χ0) is 9.90. The molecule has 1 unspecified atom stereocenters. The molecule has 0 amide bonds. The molecule has 2 nitrogen and oxygen atoms in total. The largest absolute Gasteiger partial charge is 0.420 e. The van der Waals surface area contributed by atoms with Gasteiger partial charge < -0.3 is 5.32 Å². The Morgan fingerprint density at radius 1 is 1.23 bits per heavy atom. The third-order valence-electron chi connectivity index (χ3n) is 1.98. The minimum Gasteiger partial charge on any atom is -0.314 e. The Morgan fingerprint density at radius 2 is 1.77 bits per heavy atom. The Labute approximate surface area is 73.9 Å². The lowest BCUT2D eigenvalue weighted by atomic mass is 10.3. The fourth-order valence-electron chi connectivity index (χ4n) is 1.22. The molecule has 1 aliphatic rings. The quantitative estimate of drug-likeness (QED) is 0.663. The molecule has 1 rings (SSSR count). The Balaban J connectivity index is 2.30. The van der Waals surface area contributed by atoms with E-state index in [1.807, 2.05) is 0 Å². The minimum atomic E-state index is -4.72. The van der Waals surface area contributed by atoms with Gasteiger partial charge >= 0.3 is 6.18 Å². The maximum atomic E-state index is 12.5. The second-order valence-electron chi connectivity index (χ2n) is 3.06. The minimum absolute atomic E-state index is 0.483. The molecule has 0 spiro atoms. The molecular weight excluding hydrogens is 188 g/mol. The molecule has 1 saturated heterocycles. The Bertz CT molecular complexity index is 153. The van der Waals surface area contributed by atoms with E-state index in [4.69, 9.17) is 0 Å². The van der Waals surface area contributed by atoms with E-state index in [9.17, 15) is 17.6 Å². The molecule has 0 aromatic heterocycles. The molecule has 0 saturated carbocycles. The Kier molecular flexibility index (Phi) is 3.49. The van der Waals surface area contributed by atoms with Crippen LogP contribution in [0.1, 0.15) is 0 Å². The van der Waals surface area contributed by atoms with E-state index in [1.165, 1.54) is 4.90 Å². The van der Waals surface area contributed by atoms with Gasteiger partial charge in [0.15, 0.2) is 0 Å². The van der Waals surface area contributed by atoms with Crippen LogP contribution in [0.2, 0.25) is 0 Å². The van der Waals surface area contributed by atoms with E-state index < -0.39 is 18.9 Å². The van der Waals surface area contributed by atoms with E-state index in [2.05, 4.69) is 5.32 Å². The normalized spacial score (nSPS) is 23.1. The monoisotopic (exact) mass is 200 g/mol. The average Bonchev–Trinajstić information content (AvgIpc) is 2.04. The summed E-state index contributed by atoms with van der Waals surface area (Å²) < 4.78 is 47.9. The van der Waals surface area contributed by atoms with Crippen LogP contribution in [0, 0.1) is 0 Å². The van der Waals surface area contributed by atoms with Gasteiger partial charge in [-0.05, 0) is 0 Å². The van der Waals surface area contributed by atoms with Gasteiger partial charge in [-0.25, -0.2) is 4.39 Å². The lowest BCUT2D eigenvalue weighted by Gasteiger charge is -2.28. The third kappa shape index (κ3) is 3.48. The van der Waals surface area contributed by atoms with Gasteiger partial charge in [0, 0.05) is 32.7 Å². The summed E-state index contributed by atoms with van der Waals surface area (Å²) in [5.74, 6) is 0. The number of rotatable bonds is 2. The summed E-state index contributed by atoms with van der Waals surface area (Å²) in [6, 6.07) is 0. The molecule has 0 aromatic rings. The van der Waals surface area contributed by atoms with Crippen molar-refractivity contribution < 1.29 is 17.6 Å². The van der Waals surface area contributed by atoms with Crippen LogP contribution in [0.25, 0.3) is 0 Å². The molecule has 6 heteroatoms. The molecule has 1 fully saturated rings. The van der Waals surface area contributed by atoms with E-state index in [1.54, 1.807) is 0 Å². The first-order chi connectivity index (χ1) is 6.00. The van der Waals surface area contributed by atoms with Crippen LogP contribution in [0.5, 0.6) is 0 Å². The molecule has 1 N–H and O–H groups in total. The molecule has 0 radical (unpaired) electrons. The highest BCUT2D eigenvalue weighted by Crippen LogP contribution is 2.23. The van der Waals surface area contributed by atoms with Gasteiger partial charge in [-0.15, -0.1) is 0 Å². The second kappa shape index (κ2) is 4.23. The van der Waals surface area contributed by atoms with Crippen molar-refractivity contribution in [3.8, 4) is 0 Å². The number of nitrogens with zero attached hydrogens (tertiary/aromatic N) is 1. The molecule has 0 aromatic carbocycles. The summed E-state index contributed by atoms with van der Waals surface area (Å²) in [5.41, 5.74) is 0. The SMILES string of the molecule is FC(CN1CCNCC1)C(F)(F)F. The zero-order valence-corrected chi connectivity index (χ0v) is 7.07. The Morgan fingerprint density at radius 3 is 2.23 bits per heavy atom. The molecule has 78 valence electrons. The van der Waals surface area contributed by atoms with Crippen LogP contribution < -0.4 is 5.32 Å². The summed E-state index contributed by atoms with van der Waals surface area (Å²) in [7, 11) is 0. The number of hydrogen-bond acceptors (Lipinski definition) is 2. The van der Waals surface area contributed by atoms with E-state index >= 15 is 0 Å². The molecule has 13 heavy (non-hydrogen) atoms. The highest BCUT2D eigenvalue weighted by molar-refractivity contribution is 4.75. The number of hydrogen-bond donors (Lipinski definition) is 1. The van der Waals surface area contributed by atoms with Crippen molar-refractivity contribution in [2.24, 2.45) is 0 Å². The van der Waals surface area contributed by atoms with Crippen LogP contribution in [-0.4, -0.2) is 50.0 Å². The maximum Gasteiger partial charge on any atom is 0.420 e. The number of nitrogens with one attached hydrogen (secondary N) is 1.